The molecular formula is C21H13ClF2N2O. The summed E-state index contributed by atoms with van der Waals surface area (Å²) in [6.07, 6.45) is 0. The summed E-state index contributed by atoms with van der Waals surface area (Å²) in [5.41, 5.74) is 0.950. The van der Waals surface area contributed by atoms with E-state index in [2.05, 4.69) is 11.4 Å². The number of benzene rings is 3. The highest BCUT2D eigenvalue weighted by Crippen LogP contribution is 2.32. The topological polar surface area (TPSA) is 52.9 Å². The normalized spacial score (nSPS) is 11.5. The van der Waals surface area contributed by atoms with Crippen LogP contribution in [0.4, 0.5) is 14.5 Å². The number of halogens is 3. The second-order valence-corrected chi connectivity index (χ2v) is 6.17. The third-order valence-electron chi connectivity index (χ3n) is 4.02. The van der Waals surface area contributed by atoms with E-state index in [0.29, 0.717) is 5.56 Å². The van der Waals surface area contributed by atoms with Crippen LogP contribution >= 0.6 is 11.6 Å². The first-order valence-corrected chi connectivity index (χ1v) is 8.38. The zero-order valence-electron chi connectivity index (χ0n) is 13.9. The van der Waals surface area contributed by atoms with Gasteiger partial charge in [0.15, 0.2) is 0 Å². The Kier molecular flexibility index (Phi) is 5.49. The first-order chi connectivity index (χ1) is 13.0. The Balaban J connectivity index is 1.87. The summed E-state index contributed by atoms with van der Waals surface area (Å²) in [6, 6.07) is 19.1. The van der Waals surface area contributed by atoms with E-state index in [4.69, 9.17) is 11.6 Å². The van der Waals surface area contributed by atoms with Crippen molar-refractivity contribution in [2.24, 2.45) is 0 Å². The molecule has 0 heterocycles. The van der Waals surface area contributed by atoms with Crippen molar-refractivity contribution >= 4 is 23.2 Å². The Morgan fingerprint density at radius 2 is 1.67 bits per heavy atom. The molecule has 3 aromatic carbocycles. The van der Waals surface area contributed by atoms with Crippen molar-refractivity contribution in [2.45, 2.75) is 5.92 Å². The Morgan fingerprint density at radius 3 is 2.26 bits per heavy atom. The Hall–Kier alpha value is -3.23. The maximum Gasteiger partial charge on any atom is 0.261 e. The molecule has 0 spiro atoms. The maximum absolute atomic E-state index is 13.7. The third kappa shape index (κ3) is 3.97. The molecule has 0 bridgehead atoms. The first-order valence-electron chi connectivity index (χ1n) is 8.00. The van der Waals surface area contributed by atoms with Crippen LogP contribution in [0.25, 0.3) is 0 Å². The van der Waals surface area contributed by atoms with Gasteiger partial charge in [-0.3, -0.25) is 4.79 Å². The predicted molar refractivity (Wildman–Crippen MR) is 99.7 cm³/mol. The molecule has 0 fully saturated rings. The van der Waals surface area contributed by atoms with Crippen LogP contribution in [0.2, 0.25) is 5.02 Å². The van der Waals surface area contributed by atoms with E-state index in [1.807, 2.05) is 30.3 Å². The smallest absolute Gasteiger partial charge is 0.261 e. The van der Waals surface area contributed by atoms with Gasteiger partial charge in [0.1, 0.15) is 17.2 Å². The van der Waals surface area contributed by atoms with Crippen LogP contribution in [0.3, 0.4) is 0 Å². The monoisotopic (exact) mass is 382 g/mol. The molecule has 0 radical (unpaired) electrons. The van der Waals surface area contributed by atoms with Crippen molar-refractivity contribution in [3.8, 4) is 6.07 Å². The summed E-state index contributed by atoms with van der Waals surface area (Å²) in [6.45, 7) is 0. The molecule has 1 atom stereocenters. The van der Waals surface area contributed by atoms with Crippen LogP contribution in [0.15, 0.2) is 66.7 Å². The van der Waals surface area contributed by atoms with Crippen molar-refractivity contribution in [1.82, 2.24) is 0 Å². The number of carbonyl (C=O) groups is 1. The molecular weight excluding hydrogens is 370 g/mol. The Bertz CT molecular complexity index is 1010. The van der Waals surface area contributed by atoms with Crippen molar-refractivity contribution in [3.63, 3.8) is 0 Å². The summed E-state index contributed by atoms with van der Waals surface area (Å²) in [5, 5.41) is 12.2. The minimum absolute atomic E-state index is 0.261. The summed E-state index contributed by atoms with van der Waals surface area (Å²) >= 11 is 6.29. The fourth-order valence-corrected chi connectivity index (χ4v) is 3.01. The van der Waals surface area contributed by atoms with Gasteiger partial charge in [0.25, 0.3) is 5.91 Å². The van der Waals surface area contributed by atoms with Crippen molar-refractivity contribution in [1.29, 1.82) is 5.26 Å². The molecule has 6 heteroatoms. The fraction of sp³-hybridized carbons (Fsp3) is 0.0476. The van der Waals surface area contributed by atoms with Gasteiger partial charge in [-0.25, -0.2) is 8.78 Å². The van der Waals surface area contributed by atoms with Gasteiger partial charge in [0.05, 0.1) is 12.0 Å². The summed E-state index contributed by atoms with van der Waals surface area (Å²) in [5.74, 6) is -3.41. The molecule has 1 unspecified atom stereocenters. The molecule has 0 aliphatic rings. The Labute approximate surface area is 159 Å². The van der Waals surface area contributed by atoms with Crippen LogP contribution in [0.5, 0.6) is 0 Å². The van der Waals surface area contributed by atoms with E-state index in [-0.39, 0.29) is 10.7 Å². The number of anilines is 1. The van der Waals surface area contributed by atoms with Crippen LogP contribution in [0, 0.1) is 23.0 Å². The molecule has 0 saturated heterocycles. The molecule has 27 heavy (non-hydrogen) atoms. The van der Waals surface area contributed by atoms with E-state index in [0.717, 1.165) is 17.7 Å². The maximum atomic E-state index is 13.7. The lowest BCUT2D eigenvalue weighted by Gasteiger charge is -2.14. The van der Waals surface area contributed by atoms with Gasteiger partial charge >= 0.3 is 0 Å². The van der Waals surface area contributed by atoms with E-state index in [1.54, 1.807) is 6.07 Å². The zero-order valence-corrected chi connectivity index (χ0v) is 14.7. The second kappa shape index (κ2) is 7.98. The lowest BCUT2D eigenvalue weighted by Crippen LogP contribution is -2.16. The summed E-state index contributed by atoms with van der Waals surface area (Å²) < 4.78 is 27.4. The van der Waals surface area contributed by atoms with Crippen molar-refractivity contribution in [2.75, 3.05) is 5.32 Å². The van der Waals surface area contributed by atoms with E-state index < -0.39 is 29.0 Å². The second-order valence-electron chi connectivity index (χ2n) is 5.76. The minimum atomic E-state index is -0.955. The number of hydrogen-bond acceptors (Lipinski definition) is 2. The van der Waals surface area contributed by atoms with Crippen LogP contribution in [-0.4, -0.2) is 5.91 Å². The molecule has 3 nitrogen and oxygen atoms in total. The average Bonchev–Trinajstić information content (AvgIpc) is 2.65. The number of nitrogens with one attached hydrogen (secondary N) is 1. The number of hydrogen-bond donors (Lipinski definition) is 1. The number of amides is 1. The van der Waals surface area contributed by atoms with Gasteiger partial charge in [-0.1, -0.05) is 54.1 Å². The predicted octanol–water partition coefficient (Wildman–Crippen LogP) is 5.53. The third-order valence-corrected chi connectivity index (χ3v) is 4.35. The van der Waals surface area contributed by atoms with Gasteiger partial charge in [-0.05, 0) is 35.4 Å². The van der Waals surface area contributed by atoms with Gasteiger partial charge in [0, 0.05) is 10.7 Å². The molecule has 1 N–H and O–H groups in total. The molecule has 0 aromatic heterocycles. The molecule has 3 aromatic rings. The fourth-order valence-electron chi connectivity index (χ4n) is 2.72. The standard InChI is InChI=1S/C21H13ClF2N2O/c22-17-11-14(26-21(27)20-18(23)7-4-8-19(20)24)9-10-15(17)16(12-25)13-5-2-1-3-6-13/h1-11,16H,(H,26,27). The lowest BCUT2D eigenvalue weighted by molar-refractivity contribution is 0.101. The minimum Gasteiger partial charge on any atom is -0.322 e. The van der Waals surface area contributed by atoms with Gasteiger partial charge in [0.2, 0.25) is 0 Å². The van der Waals surface area contributed by atoms with E-state index in [9.17, 15) is 18.8 Å². The lowest BCUT2D eigenvalue weighted by atomic mass is 9.92. The molecule has 0 aliphatic heterocycles. The highest BCUT2D eigenvalue weighted by molar-refractivity contribution is 6.32. The van der Waals surface area contributed by atoms with Crippen LogP contribution < -0.4 is 5.32 Å². The van der Waals surface area contributed by atoms with Gasteiger partial charge in [-0.2, -0.15) is 5.26 Å². The van der Waals surface area contributed by atoms with Crippen molar-refractivity contribution < 1.29 is 13.6 Å². The Morgan fingerprint density at radius 1 is 1.00 bits per heavy atom. The average molecular weight is 383 g/mol. The van der Waals surface area contributed by atoms with Gasteiger partial charge in [-0.15, -0.1) is 0 Å². The highest BCUT2D eigenvalue weighted by atomic mass is 35.5. The SMILES string of the molecule is N#CC(c1ccccc1)c1ccc(NC(=O)c2c(F)cccc2F)cc1Cl. The largest absolute Gasteiger partial charge is 0.322 e. The molecule has 0 saturated carbocycles. The van der Waals surface area contributed by atoms with Crippen LogP contribution in [0.1, 0.15) is 27.4 Å². The first kappa shape index (κ1) is 18.6. The summed E-state index contributed by atoms with van der Waals surface area (Å²) in [7, 11) is 0. The number of rotatable bonds is 4. The molecule has 3 rings (SSSR count). The number of nitrogens with zero attached hydrogens (tertiary/aromatic N) is 1. The zero-order chi connectivity index (χ0) is 19.4. The molecule has 134 valence electrons. The molecule has 1 amide bonds. The van der Waals surface area contributed by atoms with Gasteiger partial charge < -0.3 is 5.32 Å². The number of carbonyl (C=O) groups excluding carboxylic acids is 1. The summed E-state index contributed by atoms with van der Waals surface area (Å²) in [4.78, 5) is 12.2. The van der Waals surface area contributed by atoms with Crippen LogP contribution in [-0.2, 0) is 0 Å². The molecule has 0 aliphatic carbocycles. The van der Waals surface area contributed by atoms with E-state index in [1.165, 1.54) is 18.2 Å². The number of nitriles is 1. The highest BCUT2D eigenvalue weighted by Gasteiger charge is 2.19. The van der Waals surface area contributed by atoms with Crippen molar-refractivity contribution in [3.05, 3.63) is 100 Å². The quantitative estimate of drug-likeness (QED) is 0.645. The van der Waals surface area contributed by atoms with E-state index >= 15 is 0 Å².